The van der Waals surface area contributed by atoms with E-state index < -0.39 is 5.60 Å². The van der Waals surface area contributed by atoms with Crippen LogP contribution in [-0.4, -0.2) is 33.1 Å². The average Bonchev–Trinajstić information content (AvgIpc) is 2.88. The number of hydrogen-bond acceptors (Lipinski definition) is 3. The molecule has 1 aliphatic rings. The van der Waals surface area contributed by atoms with Crippen LogP contribution >= 0.6 is 15.9 Å². The Morgan fingerprint density at radius 3 is 2.81 bits per heavy atom. The minimum atomic E-state index is -0.504. The second-order valence-electron chi connectivity index (χ2n) is 8.07. The molecule has 0 spiro atoms. The molecule has 1 heterocycles. The Labute approximate surface area is 169 Å². The van der Waals surface area contributed by atoms with Gasteiger partial charge in [0.2, 0.25) is 0 Å². The van der Waals surface area contributed by atoms with E-state index in [1.807, 2.05) is 20.8 Å². The second kappa shape index (κ2) is 8.05. The average molecular weight is 434 g/mol. The van der Waals surface area contributed by atoms with Gasteiger partial charge in [-0.15, -0.1) is 0 Å². The highest BCUT2D eigenvalue weighted by molar-refractivity contribution is 9.10. The second-order valence-corrected chi connectivity index (χ2v) is 8.98. The Hall–Kier alpha value is -1.82. The largest absolute Gasteiger partial charge is 0.444 e. The number of amides is 1. The highest BCUT2D eigenvalue weighted by atomic mass is 79.9. The highest BCUT2D eigenvalue weighted by Crippen LogP contribution is 2.33. The van der Waals surface area contributed by atoms with E-state index in [0.29, 0.717) is 13.1 Å². The number of H-pyrrole nitrogens is 1. The van der Waals surface area contributed by atoms with Crippen LogP contribution in [0.5, 0.6) is 0 Å². The maximum absolute atomic E-state index is 12.5. The highest BCUT2D eigenvalue weighted by Gasteiger charge is 2.24. The summed E-state index contributed by atoms with van der Waals surface area (Å²) in [6, 6.07) is 6.38. The summed E-state index contributed by atoms with van der Waals surface area (Å²) in [5, 5.41) is 0. The molecule has 2 aromatic rings. The molecule has 0 atom stereocenters. The topological polar surface area (TPSA) is 58.2 Å². The lowest BCUT2D eigenvalue weighted by Crippen LogP contribution is -2.37. The number of nitrogens with one attached hydrogen (secondary N) is 1. The molecule has 27 heavy (non-hydrogen) atoms. The molecule has 146 valence electrons. The van der Waals surface area contributed by atoms with E-state index in [0.717, 1.165) is 47.4 Å². The fraction of sp³-hybridized carbons (Fsp3) is 0.524. The van der Waals surface area contributed by atoms with Crippen molar-refractivity contribution < 1.29 is 9.53 Å². The lowest BCUT2D eigenvalue weighted by molar-refractivity contribution is 0.0229. The Morgan fingerprint density at radius 1 is 1.33 bits per heavy atom. The van der Waals surface area contributed by atoms with Gasteiger partial charge in [0, 0.05) is 22.3 Å². The van der Waals surface area contributed by atoms with Crippen LogP contribution in [0.25, 0.3) is 11.3 Å². The monoisotopic (exact) mass is 433 g/mol. The lowest BCUT2D eigenvalue weighted by atomic mass is 10.0. The van der Waals surface area contributed by atoms with Crippen molar-refractivity contribution in [1.82, 2.24) is 14.9 Å². The van der Waals surface area contributed by atoms with Gasteiger partial charge in [-0.1, -0.05) is 28.9 Å². The number of nitrogens with zero attached hydrogens (tertiary/aromatic N) is 2. The number of ether oxygens (including phenoxy) is 1. The van der Waals surface area contributed by atoms with E-state index >= 15 is 0 Å². The number of rotatable bonds is 4. The molecule has 6 heteroatoms. The van der Waals surface area contributed by atoms with Gasteiger partial charge in [0.25, 0.3) is 0 Å². The smallest absolute Gasteiger partial charge is 0.410 e. The summed E-state index contributed by atoms with van der Waals surface area (Å²) in [6.07, 6.45) is 3.68. The van der Waals surface area contributed by atoms with Crippen LogP contribution in [0.1, 0.15) is 57.6 Å². The third-order valence-corrected chi connectivity index (χ3v) is 5.00. The number of halogens is 1. The Balaban J connectivity index is 1.86. The zero-order valence-corrected chi connectivity index (χ0v) is 18.1. The summed E-state index contributed by atoms with van der Waals surface area (Å²) in [4.78, 5) is 22.6. The molecule has 1 aromatic carbocycles. The first-order valence-corrected chi connectivity index (χ1v) is 10.4. The molecule has 0 bridgehead atoms. The molecule has 0 saturated heterocycles. The molecule has 1 aromatic heterocycles. The van der Waals surface area contributed by atoms with Crippen molar-refractivity contribution in [3.8, 4) is 11.3 Å². The summed E-state index contributed by atoms with van der Waals surface area (Å²) in [5.74, 6) is 0.815. The van der Waals surface area contributed by atoms with Crippen LogP contribution in [0.15, 0.2) is 22.7 Å². The number of aromatic amines is 1. The van der Waals surface area contributed by atoms with E-state index in [9.17, 15) is 4.79 Å². The van der Waals surface area contributed by atoms with Gasteiger partial charge in [0.1, 0.15) is 11.4 Å². The summed E-state index contributed by atoms with van der Waals surface area (Å²) >= 11 is 3.56. The zero-order chi connectivity index (χ0) is 19.6. The van der Waals surface area contributed by atoms with Crippen molar-refractivity contribution in [3.63, 3.8) is 0 Å². The van der Waals surface area contributed by atoms with E-state index in [-0.39, 0.29) is 6.09 Å². The van der Waals surface area contributed by atoms with Crippen LogP contribution in [0.3, 0.4) is 0 Å². The number of hydrogen-bond donors (Lipinski definition) is 1. The Morgan fingerprint density at radius 2 is 2.11 bits per heavy atom. The van der Waals surface area contributed by atoms with E-state index in [1.165, 1.54) is 11.1 Å². The molecule has 3 rings (SSSR count). The third-order valence-electron chi connectivity index (χ3n) is 4.51. The maximum atomic E-state index is 12.5. The molecule has 0 fully saturated rings. The SMILES string of the molecule is CCCN(Cc1nc2c([nH]1)CCCc1cc(Br)ccc1-2)C(=O)OC(C)(C)C. The molecule has 0 radical (unpaired) electrons. The molecule has 0 saturated carbocycles. The first-order chi connectivity index (χ1) is 12.8. The molecule has 5 nitrogen and oxygen atoms in total. The molecular weight excluding hydrogens is 406 g/mol. The summed E-state index contributed by atoms with van der Waals surface area (Å²) in [6.45, 7) is 8.80. The number of carbonyl (C=O) groups is 1. The summed E-state index contributed by atoms with van der Waals surface area (Å²) < 4.78 is 6.65. The van der Waals surface area contributed by atoms with Crippen LogP contribution in [0.4, 0.5) is 4.79 Å². The predicted molar refractivity (Wildman–Crippen MR) is 111 cm³/mol. The van der Waals surface area contributed by atoms with Gasteiger partial charge in [-0.25, -0.2) is 9.78 Å². The van der Waals surface area contributed by atoms with Crippen molar-refractivity contribution in [3.05, 3.63) is 39.8 Å². The maximum Gasteiger partial charge on any atom is 0.410 e. The normalized spacial score (nSPS) is 13.5. The van der Waals surface area contributed by atoms with Gasteiger partial charge in [0.05, 0.1) is 12.2 Å². The van der Waals surface area contributed by atoms with Crippen molar-refractivity contribution in [2.24, 2.45) is 0 Å². The predicted octanol–water partition coefficient (Wildman–Crippen LogP) is 5.48. The Kier molecular flexibility index (Phi) is 5.94. The number of imidazole rings is 1. The number of fused-ring (bicyclic) bond motifs is 3. The molecule has 0 aliphatic heterocycles. The van der Waals surface area contributed by atoms with Gasteiger partial charge in [-0.2, -0.15) is 0 Å². The van der Waals surface area contributed by atoms with Crippen molar-refractivity contribution in [1.29, 1.82) is 0 Å². The fourth-order valence-corrected chi connectivity index (χ4v) is 3.82. The molecule has 1 N–H and O–H groups in total. The van der Waals surface area contributed by atoms with E-state index in [1.54, 1.807) is 4.90 Å². The van der Waals surface area contributed by atoms with Crippen molar-refractivity contribution >= 4 is 22.0 Å². The molecular formula is C21H28BrN3O2. The van der Waals surface area contributed by atoms with Gasteiger partial charge in [0.15, 0.2) is 0 Å². The quantitative estimate of drug-likeness (QED) is 0.694. The fourth-order valence-electron chi connectivity index (χ4n) is 3.41. The van der Waals surface area contributed by atoms with Gasteiger partial charge in [-0.3, -0.25) is 0 Å². The van der Waals surface area contributed by atoms with E-state index in [4.69, 9.17) is 9.72 Å². The lowest BCUT2D eigenvalue weighted by Gasteiger charge is -2.26. The minimum absolute atomic E-state index is 0.291. The molecule has 1 amide bonds. The minimum Gasteiger partial charge on any atom is -0.444 e. The van der Waals surface area contributed by atoms with Crippen molar-refractivity contribution in [2.75, 3.05) is 6.54 Å². The van der Waals surface area contributed by atoms with Gasteiger partial charge < -0.3 is 14.6 Å². The number of carbonyl (C=O) groups excluding carboxylic acids is 1. The van der Waals surface area contributed by atoms with Gasteiger partial charge in [-0.05, 0) is 64.2 Å². The number of benzene rings is 1. The van der Waals surface area contributed by atoms with Crippen LogP contribution in [-0.2, 0) is 24.1 Å². The number of aryl methyl sites for hydroxylation is 2. The standard InChI is InChI=1S/C21H28BrN3O2/c1-5-11-25(20(26)27-21(2,3)4)13-18-23-17-8-6-7-14-12-15(22)9-10-16(14)19(17)24-18/h9-10,12H,5-8,11,13H2,1-4H3,(H,23,24). The van der Waals surface area contributed by atoms with Crippen LogP contribution in [0, 0.1) is 0 Å². The third kappa shape index (κ3) is 4.92. The first-order valence-electron chi connectivity index (χ1n) is 9.61. The van der Waals surface area contributed by atoms with Crippen molar-refractivity contribution in [2.45, 2.75) is 65.5 Å². The van der Waals surface area contributed by atoms with Crippen LogP contribution < -0.4 is 0 Å². The van der Waals surface area contributed by atoms with Gasteiger partial charge >= 0.3 is 6.09 Å². The molecule has 0 unspecified atom stereocenters. The Bertz CT molecular complexity index is 823. The van der Waals surface area contributed by atoms with E-state index in [2.05, 4.69) is 46.0 Å². The zero-order valence-electron chi connectivity index (χ0n) is 16.6. The molecule has 1 aliphatic carbocycles. The van der Waals surface area contributed by atoms with Crippen LogP contribution in [0.2, 0.25) is 0 Å². The summed E-state index contributed by atoms with van der Waals surface area (Å²) in [7, 11) is 0. The summed E-state index contributed by atoms with van der Waals surface area (Å²) in [5.41, 5.74) is 4.18. The first kappa shape index (κ1) is 19.9. The number of aromatic nitrogens is 2.